The highest BCUT2D eigenvalue weighted by atomic mass is 19.4. The first kappa shape index (κ1) is 19.3. The minimum absolute atomic E-state index is 0.106. The summed E-state index contributed by atoms with van der Waals surface area (Å²) in [6.07, 6.45) is -4.43. The maximum Gasteiger partial charge on any atom is 0.416 e. The zero-order valence-electron chi connectivity index (χ0n) is 14.2. The van der Waals surface area contributed by atoms with Gasteiger partial charge in [0.1, 0.15) is 5.75 Å². The van der Waals surface area contributed by atoms with Crippen molar-refractivity contribution in [3.63, 3.8) is 0 Å². The molecule has 3 nitrogen and oxygen atoms in total. The number of nitrogens with one attached hydrogen (secondary N) is 1. The lowest BCUT2D eigenvalue weighted by Crippen LogP contribution is -2.35. The number of halogens is 3. The summed E-state index contributed by atoms with van der Waals surface area (Å²) in [5.41, 5.74) is -1.06. The number of aliphatic hydroxyl groups is 1. The van der Waals surface area contributed by atoms with E-state index in [4.69, 9.17) is 4.74 Å². The Kier molecular flexibility index (Phi) is 6.08. The van der Waals surface area contributed by atoms with E-state index in [0.717, 1.165) is 23.4 Å². The summed E-state index contributed by atoms with van der Waals surface area (Å²) in [6, 6.07) is 12.3. The van der Waals surface area contributed by atoms with Gasteiger partial charge in [0.05, 0.1) is 17.8 Å². The molecule has 136 valence electrons. The smallest absolute Gasteiger partial charge is 0.416 e. The van der Waals surface area contributed by atoms with Crippen molar-refractivity contribution < 1.29 is 23.0 Å². The standard InChI is InChI=1S/C19H22F3NO2/c1-3-25-17-10-5-4-7-14(17)12-23-13-18(2,24)15-8-6-9-16(11-15)19(20,21)22/h4-11,23-24H,3,12-13H2,1-2H3. The SMILES string of the molecule is CCOc1ccccc1CNCC(C)(O)c1cccc(C(F)(F)F)c1. The summed E-state index contributed by atoms with van der Waals surface area (Å²) in [7, 11) is 0. The molecule has 0 amide bonds. The van der Waals surface area contributed by atoms with E-state index in [-0.39, 0.29) is 12.1 Å². The highest BCUT2D eigenvalue weighted by Gasteiger charge is 2.32. The number of rotatable bonds is 7. The monoisotopic (exact) mass is 353 g/mol. The van der Waals surface area contributed by atoms with Crippen LogP contribution in [0.5, 0.6) is 5.75 Å². The summed E-state index contributed by atoms with van der Waals surface area (Å²) in [5, 5.41) is 13.7. The minimum Gasteiger partial charge on any atom is -0.494 e. The van der Waals surface area contributed by atoms with Gasteiger partial charge in [-0.25, -0.2) is 0 Å². The van der Waals surface area contributed by atoms with Crippen LogP contribution in [0.4, 0.5) is 13.2 Å². The fourth-order valence-electron chi connectivity index (χ4n) is 2.52. The minimum atomic E-state index is -4.43. The third kappa shape index (κ3) is 5.21. The van der Waals surface area contributed by atoms with Gasteiger partial charge in [0, 0.05) is 18.7 Å². The van der Waals surface area contributed by atoms with Crippen molar-refractivity contribution in [2.45, 2.75) is 32.2 Å². The molecule has 0 bridgehead atoms. The van der Waals surface area contributed by atoms with Crippen LogP contribution in [-0.2, 0) is 18.3 Å². The molecule has 0 saturated carbocycles. The third-order valence-electron chi connectivity index (χ3n) is 3.87. The van der Waals surface area contributed by atoms with Crippen molar-refractivity contribution in [3.05, 3.63) is 65.2 Å². The zero-order valence-corrected chi connectivity index (χ0v) is 14.2. The van der Waals surface area contributed by atoms with Gasteiger partial charge >= 0.3 is 6.18 Å². The van der Waals surface area contributed by atoms with Crippen LogP contribution in [0.1, 0.15) is 30.5 Å². The van der Waals surface area contributed by atoms with Crippen molar-refractivity contribution in [2.75, 3.05) is 13.2 Å². The van der Waals surface area contributed by atoms with Crippen LogP contribution in [0.3, 0.4) is 0 Å². The second-order valence-electron chi connectivity index (χ2n) is 6.00. The average Bonchev–Trinajstić information content (AvgIpc) is 2.56. The van der Waals surface area contributed by atoms with Gasteiger partial charge < -0.3 is 15.2 Å². The van der Waals surface area contributed by atoms with Crippen LogP contribution in [-0.4, -0.2) is 18.3 Å². The van der Waals surface area contributed by atoms with E-state index in [2.05, 4.69) is 5.32 Å². The molecular formula is C19H22F3NO2. The van der Waals surface area contributed by atoms with E-state index in [1.54, 1.807) is 0 Å². The van der Waals surface area contributed by atoms with Gasteiger partial charge in [-0.05, 0) is 37.6 Å². The Hall–Kier alpha value is -2.05. The Bertz CT molecular complexity index is 699. The van der Waals surface area contributed by atoms with E-state index in [1.165, 1.54) is 19.1 Å². The van der Waals surface area contributed by atoms with Crippen LogP contribution in [0, 0.1) is 0 Å². The molecular weight excluding hydrogens is 331 g/mol. The lowest BCUT2D eigenvalue weighted by molar-refractivity contribution is -0.137. The number of benzene rings is 2. The van der Waals surface area contributed by atoms with Gasteiger partial charge in [-0.15, -0.1) is 0 Å². The summed E-state index contributed by atoms with van der Waals surface area (Å²) in [4.78, 5) is 0. The van der Waals surface area contributed by atoms with E-state index < -0.39 is 17.3 Å². The van der Waals surface area contributed by atoms with E-state index in [0.29, 0.717) is 13.2 Å². The van der Waals surface area contributed by atoms with Gasteiger partial charge in [-0.2, -0.15) is 13.2 Å². The number of alkyl halides is 3. The first-order valence-electron chi connectivity index (χ1n) is 8.05. The van der Waals surface area contributed by atoms with Gasteiger partial charge in [-0.3, -0.25) is 0 Å². The number of hydrogen-bond acceptors (Lipinski definition) is 3. The van der Waals surface area contributed by atoms with E-state index in [1.807, 2.05) is 31.2 Å². The Labute approximate surface area is 145 Å². The molecule has 0 spiro atoms. The molecule has 0 radical (unpaired) electrons. The summed E-state index contributed by atoms with van der Waals surface area (Å²) in [5.74, 6) is 0.746. The summed E-state index contributed by atoms with van der Waals surface area (Å²) < 4.78 is 44.0. The second kappa shape index (κ2) is 7.89. The lowest BCUT2D eigenvalue weighted by Gasteiger charge is -2.25. The fourth-order valence-corrected chi connectivity index (χ4v) is 2.52. The topological polar surface area (TPSA) is 41.5 Å². The van der Waals surface area contributed by atoms with Crippen LogP contribution in [0.15, 0.2) is 48.5 Å². The zero-order chi connectivity index (χ0) is 18.5. The maximum atomic E-state index is 12.8. The molecule has 0 aliphatic rings. The molecule has 0 saturated heterocycles. The van der Waals surface area contributed by atoms with Crippen molar-refractivity contribution in [3.8, 4) is 5.75 Å². The van der Waals surface area contributed by atoms with E-state index in [9.17, 15) is 18.3 Å². The van der Waals surface area contributed by atoms with Crippen LogP contribution < -0.4 is 10.1 Å². The number of hydrogen-bond donors (Lipinski definition) is 2. The molecule has 0 fully saturated rings. The van der Waals surface area contributed by atoms with Gasteiger partial charge in [0.25, 0.3) is 0 Å². The lowest BCUT2D eigenvalue weighted by atomic mass is 9.94. The second-order valence-corrected chi connectivity index (χ2v) is 6.00. The first-order valence-corrected chi connectivity index (χ1v) is 8.05. The Morgan fingerprint density at radius 3 is 2.40 bits per heavy atom. The fraction of sp³-hybridized carbons (Fsp3) is 0.368. The molecule has 0 aliphatic carbocycles. The highest BCUT2D eigenvalue weighted by Crippen LogP contribution is 2.32. The van der Waals surface area contributed by atoms with Crippen molar-refractivity contribution in [1.29, 1.82) is 0 Å². The molecule has 2 rings (SSSR count). The Balaban J connectivity index is 2.05. The molecule has 1 unspecified atom stereocenters. The maximum absolute atomic E-state index is 12.8. The number of para-hydroxylation sites is 1. The van der Waals surface area contributed by atoms with Crippen molar-refractivity contribution in [1.82, 2.24) is 5.32 Å². The van der Waals surface area contributed by atoms with Gasteiger partial charge in [-0.1, -0.05) is 30.3 Å². The normalized spacial score (nSPS) is 14.2. The molecule has 0 aromatic heterocycles. The van der Waals surface area contributed by atoms with Gasteiger partial charge in [0.2, 0.25) is 0 Å². The average molecular weight is 353 g/mol. The molecule has 0 heterocycles. The largest absolute Gasteiger partial charge is 0.494 e. The van der Waals surface area contributed by atoms with E-state index >= 15 is 0 Å². The number of ether oxygens (including phenoxy) is 1. The van der Waals surface area contributed by atoms with Crippen LogP contribution >= 0.6 is 0 Å². The Morgan fingerprint density at radius 1 is 1.04 bits per heavy atom. The van der Waals surface area contributed by atoms with Crippen molar-refractivity contribution >= 4 is 0 Å². The molecule has 25 heavy (non-hydrogen) atoms. The van der Waals surface area contributed by atoms with Gasteiger partial charge in [0.15, 0.2) is 0 Å². The summed E-state index contributed by atoms with van der Waals surface area (Å²) in [6.45, 7) is 4.46. The van der Waals surface area contributed by atoms with Crippen molar-refractivity contribution in [2.24, 2.45) is 0 Å². The quantitative estimate of drug-likeness (QED) is 0.787. The Morgan fingerprint density at radius 2 is 1.72 bits per heavy atom. The molecule has 1 atom stereocenters. The molecule has 2 N–H and O–H groups in total. The molecule has 0 aliphatic heterocycles. The van der Waals surface area contributed by atoms with Crippen LogP contribution in [0.25, 0.3) is 0 Å². The molecule has 6 heteroatoms. The summed E-state index contributed by atoms with van der Waals surface area (Å²) >= 11 is 0. The predicted molar refractivity (Wildman–Crippen MR) is 90.3 cm³/mol. The van der Waals surface area contributed by atoms with Crippen LogP contribution in [0.2, 0.25) is 0 Å². The predicted octanol–water partition coefficient (Wildman–Crippen LogP) is 4.10. The highest BCUT2D eigenvalue weighted by molar-refractivity contribution is 5.33. The first-order chi connectivity index (χ1) is 11.7. The third-order valence-corrected chi connectivity index (χ3v) is 3.87. The molecule has 2 aromatic carbocycles. The molecule has 2 aromatic rings.